The fourth-order valence-electron chi connectivity index (χ4n) is 2.67. The van der Waals surface area contributed by atoms with Crippen LogP contribution in [-0.4, -0.2) is 19.5 Å². The van der Waals surface area contributed by atoms with Crippen LogP contribution in [0.5, 0.6) is 0 Å². The van der Waals surface area contributed by atoms with Gasteiger partial charge in [0.2, 0.25) is 5.95 Å². The van der Waals surface area contributed by atoms with E-state index >= 15 is 0 Å². The summed E-state index contributed by atoms with van der Waals surface area (Å²) in [6.07, 6.45) is 6.99. The minimum Gasteiger partial charge on any atom is -0.463 e. The predicted molar refractivity (Wildman–Crippen MR) is 101 cm³/mol. The number of hydrogen-bond acceptors (Lipinski definition) is 5. The van der Waals surface area contributed by atoms with Crippen molar-refractivity contribution in [3.05, 3.63) is 71.8 Å². The third-order valence-electron chi connectivity index (χ3n) is 4.00. The second-order valence-corrected chi connectivity index (χ2v) is 6.15. The highest BCUT2D eigenvalue weighted by atomic mass is 35.5. The molecular formula is C19H16ClN5O. The molecule has 4 rings (SSSR count). The quantitative estimate of drug-likeness (QED) is 0.567. The Labute approximate surface area is 155 Å². The van der Waals surface area contributed by atoms with Crippen LogP contribution in [0.1, 0.15) is 5.56 Å². The molecule has 130 valence electrons. The van der Waals surface area contributed by atoms with Crippen molar-refractivity contribution >= 4 is 17.5 Å². The zero-order valence-electron chi connectivity index (χ0n) is 14.1. The number of imidazole rings is 1. The molecule has 3 heterocycles. The van der Waals surface area contributed by atoms with Gasteiger partial charge in [0.15, 0.2) is 5.76 Å². The van der Waals surface area contributed by atoms with Crippen molar-refractivity contribution < 1.29 is 4.42 Å². The lowest BCUT2D eigenvalue weighted by Crippen LogP contribution is -2.06. The molecule has 0 bridgehead atoms. The number of benzene rings is 1. The number of hydrogen-bond donors (Lipinski definition) is 1. The molecule has 1 aromatic carbocycles. The average Bonchev–Trinajstić information content (AvgIpc) is 3.33. The van der Waals surface area contributed by atoms with Gasteiger partial charge < -0.3 is 14.3 Å². The first-order valence-electron chi connectivity index (χ1n) is 8.08. The Hall–Kier alpha value is -3.12. The highest BCUT2D eigenvalue weighted by Crippen LogP contribution is 2.30. The van der Waals surface area contributed by atoms with Gasteiger partial charge in [-0.15, -0.1) is 0 Å². The fraction of sp³-hybridized carbons (Fsp3) is 0.105. The van der Waals surface area contributed by atoms with E-state index in [1.54, 1.807) is 18.7 Å². The molecule has 0 amide bonds. The predicted octanol–water partition coefficient (Wildman–Crippen LogP) is 4.40. The molecule has 0 saturated carbocycles. The largest absolute Gasteiger partial charge is 0.463 e. The summed E-state index contributed by atoms with van der Waals surface area (Å²) in [6, 6.07) is 11.4. The molecule has 6 nitrogen and oxygen atoms in total. The molecule has 0 spiro atoms. The van der Waals surface area contributed by atoms with Crippen molar-refractivity contribution in [2.24, 2.45) is 7.05 Å². The van der Waals surface area contributed by atoms with E-state index in [1.165, 1.54) is 0 Å². The number of anilines is 1. The van der Waals surface area contributed by atoms with E-state index in [-0.39, 0.29) is 0 Å². The molecule has 1 N–H and O–H groups in total. The highest BCUT2D eigenvalue weighted by Gasteiger charge is 2.16. The summed E-state index contributed by atoms with van der Waals surface area (Å²) < 4.78 is 7.48. The molecule has 7 heteroatoms. The molecule has 0 aliphatic heterocycles. The van der Waals surface area contributed by atoms with Crippen LogP contribution < -0.4 is 5.32 Å². The first kappa shape index (κ1) is 16.4. The van der Waals surface area contributed by atoms with E-state index in [0.717, 1.165) is 17.0 Å². The average molecular weight is 366 g/mol. The van der Waals surface area contributed by atoms with Gasteiger partial charge in [0.1, 0.15) is 11.5 Å². The Balaban J connectivity index is 1.69. The van der Waals surface area contributed by atoms with E-state index in [4.69, 9.17) is 16.0 Å². The molecule has 0 saturated heterocycles. The Kier molecular flexibility index (Phi) is 4.41. The monoisotopic (exact) mass is 365 g/mol. The van der Waals surface area contributed by atoms with Crippen molar-refractivity contribution in [2.75, 3.05) is 5.32 Å². The summed E-state index contributed by atoms with van der Waals surface area (Å²) in [5.41, 5.74) is 2.46. The van der Waals surface area contributed by atoms with Crippen LogP contribution in [0.25, 0.3) is 22.8 Å². The number of halogens is 1. The van der Waals surface area contributed by atoms with Crippen LogP contribution in [0.3, 0.4) is 0 Å². The normalized spacial score (nSPS) is 10.8. The van der Waals surface area contributed by atoms with E-state index < -0.39 is 0 Å². The van der Waals surface area contributed by atoms with Gasteiger partial charge in [-0.05, 0) is 23.8 Å². The van der Waals surface area contributed by atoms with Crippen LogP contribution in [-0.2, 0) is 13.6 Å². The second-order valence-electron chi connectivity index (χ2n) is 5.74. The van der Waals surface area contributed by atoms with E-state index in [2.05, 4.69) is 20.3 Å². The zero-order valence-corrected chi connectivity index (χ0v) is 14.8. The summed E-state index contributed by atoms with van der Waals surface area (Å²) in [5.74, 6) is 1.93. The molecule has 3 aromatic heterocycles. The maximum Gasteiger partial charge on any atom is 0.223 e. The van der Waals surface area contributed by atoms with Crippen molar-refractivity contribution in [1.82, 2.24) is 19.5 Å². The van der Waals surface area contributed by atoms with Gasteiger partial charge in [-0.1, -0.05) is 29.8 Å². The minimum absolute atomic E-state index is 0.495. The van der Waals surface area contributed by atoms with E-state index in [0.29, 0.717) is 29.0 Å². The van der Waals surface area contributed by atoms with Gasteiger partial charge in [-0.3, -0.25) is 0 Å². The molecule has 0 unspecified atom stereocenters. The summed E-state index contributed by atoms with van der Waals surface area (Å²) in [6.45, 7) is 0.527. The molecule has 0 aliphatic rings. The smallest absolute Gasteiger partial charge is 0.223 e. The minimum atomic E-state index is 0.495. The number of furan rings is 1. The maximum absolute atomic E-state index is 6.21. The summed E-state index contributed by atoms with van der Waals surface area (Å²) in [5, 5.41) is 3.92. The Morgan fingerprint density at radius 2 is 2.04 bits per heavy atom. The van der Waals surface area contributed by atoms with Crippen LogP contribution in [0, 0.1) is 0 Å². The van der Waals surface area contributed by atoms with Crippen molar-refractivity contribution in [1.29, 1.82) is 0 Å². The Morgan fingerprint density at radius 1 is 1.15 bits per heavy atom. The highest BCUT2D eigenvalue weighted by molar-refractivity contribution is 6.31. The molecule has 0 radical (unpaired) electrons. The first-order chi connectivity index (χ1) is 12.7. The fourth-order valence-corrected chi connectivity index (χ4v) is 2.88. The van der Waals surface area contributed by atoms with Gasteiger partial charge in [-0.25, -0.2) is 15.0 Å². The number of aromatic nitrogens is 4. The number of nitrogens with zero attached hydrogens (tertiary/aromatic N) is 4. The Morgan fingerprint density at radius 3 is 2.77 bits per heavy atom. The standard InChI is InChI=1S/C19H16ClN5O/c1-25-9-8-21-18(25)14-12-23-19(24-17(14)16-7-4-10-26-16)22-11-13-5-2-3-6-15(13)20/h2-10,12H,11H2,1H3,(H,22,23,24). The van der Waals surface area contributed by atoms with Gasteiger partial charge in [0.25, 0.3) is 0 Å². The number of nitrogens with one attached hydrogen (secondary N) is 1. The maximum atomic E-state index is 6.21. The Bertz CT molecular complexity index is 1030. The van der Waals surface area contributed by atoms with E-state index in [9.17, 15) is 0 Å². The van der Waals surface area contributed by atoms with Crippen LogP contribution >= 0.6 is 11.6 Å². The molecule has 0 fully saturated rings. The van der Waals surface area contributed by atoms with E-state index in [1.807, 2.05) is 54.2 Å². The van der Waals surface area contributed by atoms with Crippen LogP contribution in [0.4, 0.5) is 5.95 Å². The summed E-state index contributed by atoms with van der Waals surface area (Å²) in [4.78, 5) is 13.5. The third kappa shape index (κ3) is 3.19. The lowest BCUT2D eigenvalue weighted by Gasteiger charge is -2.10. The summed E-state index contributed by atoms with van der Waals surface area (Å²) >= 11 is 6.21. The third-order valence-corrected chi connectivity index (χ3v) is 4.37. The molecule has 4 aromatic rings. The molecule has 0 aliphatic carbocycles. The first-order valence-corrected chi connectivity index (χ1v) is 8.46. The number of rotatable bonds is 5. The summed E-state index contributed by atoms with van der Waals surface area (Å²) in [7, 11) is 1.93. The lowest BCUT2D eigenvalue weighted by atomic mass is 10.2. The van der Waals surface area contributed by atoms with Crippen LogP contribution in [0.15, 0.2) is 65.7 Å². The lowest BCUT2D eigenvalue weighted by molar-refractivity contribution is 0.580. The zero-order chi connectivity index (χ0) is 17.9. The van der Waals surface area contributed by atoms with Crippen molar-refractivity contribution in [2.45, 2.75) is 6.54 Å². The van der Waals surface area contributed by atoms with Crippen LogP contribution in [0.2, 0.25) is 5.02 Å². The molecule has 26 heavy (non-hydrogen) atoms. The topological polar surface area (TPSA) is 68.8 Å². The molecular weight excluding hydrogens is 350 g/mol. The van der Waals surface area contributed by atoms with Crippen molar-refractivity contribution in [3.63, 3.8) is 0 Å². The molecule has 0 atom stereocenters. The second kappa shape index (κ2) is 7.01. The number of aryl methyl sites for hydroxylation is 1. The van der Waals surface area contributed by atoms with Gasteiger partial charge >= 0.3 is 0 Å². The van der Waals surface area contributed by atoms with Gasteiger partial charge in [0, 0.05) is 37.2 Å². The van der Waals surface area contributed by atoms with Gasteiger partial charge in [0.05, 0.1) is 11.8 Å². The SMILES string of the molecule is Cn1ccnc1-c1cnc(NCc2ccccc2Cl)nc1-c1ccco1. The van der Waals surface area contributed by atoms with Gasteiger partial charge in [-0.2, -0.15) is 0 Å². The van der Waals surface area contributed by atoms with Crippen molar-refractivity contribution in [3.8, 4) is 22.8 Å².